The zero-order valence-corrected chi connectivity index (χ0v) is 12.9. The summed E-state index contributed by atoms with van der Waals surface area (Å²) in [4.78, 5) is 23.6. The highest BCUT2D eigenvalue weighted by Crippen LogP contribution is 2.10. The topological polar surface area (TPSA) is 70.2 Å². The number of hydrogen-bond donors (Lipinski definition) is 3. The Kier molecular flexibility index (Phi) is 8.12. The van der Waals surface area contributed by atoms with Crippen molar-refractivity contribution in [2.45, 2.75) is 33.1 Å². The highest BCUT2D eigenvalue weighted by atomic mass is 16.2. The molecule has 0 aliphatic carbocycles. The van der Waals surface area contributed by atoms with Crippen molar-refractivity contribution in [2.75, 3.05) is 25.0 Å². The van der Waals surface area contributed by atoms with Crippen LogP contribution in [0.25, 0.3) is 0 Å². The SMILES string of the molecule is CCCCNCC(=O)Nc1cccc(C(=O)NCCC)c1. The average Bonchev–Trinajstić information content (AvgIpc) is 2.49. The van der Waals surface area contributed by atoms with E-state index in [1.807, 2.05) is 6.92 Å². The first kappa shape index (κ1) is 17.2. The smallest absolute Gasteiger partial charge is 0.251 e. The quantitative estimate of drug-likeness (QED) is 0.611. The molecule has 0 aliphatic rings. The molecule has 0 spiro atoms. The largest absolute Gasteiger partial charge is 0.352 e. The summed E-state index contributed by atoms with van der Waals surface area (Å²) >= 11 is 0. The van der Waals surface area contributed by atoms with E-state index in [4.69, 9.17) is 0 Å². The monoisotopic (exact) mass is 291 g/mol. The molecular formula is C16H25N3O2. The number of carbonyl (C=O) groups is 2. The Morgan fingerprint density at radius 2 is 1.90 bits per heavy atom. The summed E-state index contributed by atoms with van der Waals surface area (Å²) in [6.07, 6.45) is 3.05. The van der Waals surface area contributed by atoms with Gasteiger partial charge in [-0.3, -0.25) is 9.59 Å². The summed E-state index contributed by atoms with van der Waals surface area (Å²) in [7, 11) is 0. The number of nitrogens with one attached hydrogen (secondary N) is 3. The van der Waals surface area contributed by atoms with Gasteiger partial charge in [0.2, 0.25) is 5.91 Å². The molecule has 0 saturated carbocycles. The molecule has 5 heteroatoms. The molecule has 0 saturated heterocycles. The molecule has 1 aromatic rings. The van der Waals surface area contributed by atoms with Crippen LogP contribution in [0.2, 0.25) is 0 Å². The van der Waals surface area contributed by atoms with Crippen LogP contribution in [-0.2, 0) is 4.79 Å². The number of hydrogen-bond acceptors (Lipinski definition) is 3. The molecule has 0 atom stereocenters. The van der Waals surface area contributed by atoms with Gasteiger partial charge in [0.15, 0.2) is 0 Å². The van der Waals surface area contributed by atoms with E-state index >= 15 is 0 Å². The van der Waals surface area contributed by atoms with Gasteiger partial charge in [-0.1, -0.05) is 26.3 Å². The third kappa shape index (κ3) is 6.90. The van der Waals surface area contributed by atoms with E-state index < -0.39 is 0 Å². The van der Waals surface area contributed by atoms with Crippen molar-refractivity contribution in [3.63, 3.8) is 0 Å². The molecule has 3 N–H and O–H groups in total. The van der Waals surface area contributed by atoms with Crippen molar-refractivity contribution >= 4 is 17.5 Å². The molecule has 0 aliphatic heterocycles. The molecule has 116 valence electrons. The van der Waals surface area contributed by atoms with Crippen LogP contribution in [0.15, 0.2) is 24.3 Å². The van der Waals surface area contributed by atoms with Gasteiger partial charge in [-0.05, 0) is 37.6 Å². The summed E-state index contributed by atoms with van der Waals surface area (Å²) < 4.78 is 0. The lowest BCUT2D eigenvalue weighted by molar-refractivity contribution is -0.115. The molecule has 2 amide bonds. The second kappa shape index (κ2) is 9.94. The zero-order chi connectivity index (χ0) is 15.5. The first-order chi connectivity index (χ1) is 10.2. The first-order valence-corrected chi connectivity index (χ1v) is 7.56. The van der Waals surface area contributed by atoms with Gasteiger partial charge < -0.3 is 16.0 Å². The van der Waals surface area contributed by atoms with E-state index in [0.717, 1.165) is 25.8 Å². The minimum absolute atomic E-state index is 0.0998. The molecule has 0 bridgehead atoms. The van der Waals surface area contributed by atoms with Gasteiger partial charge in [0.25, 0.3) is 5.91 Å². The summed E-state index contributed by atoms with van der Waals surface area (Å²) in [5.41, 5.74) is 1.20. The predicted molar refractivity (Wildman–Crippen MR) is 85.5 cm³/mol. The summed E-state index contributed by atoms with van der Waals surface area (Å²) in [6, 6.07) is 6.97. The number of anilines is 1. The minimum atomic E-state index is -0.117. The fourth-order valence-electron chi connectivity index (χ4n) is 1.79. The van der Waals surface area contributed by atoms with E-state index in [1.165, 1.54) is 0 Å². The molecule has 21 heavy (non-hydrogen) atoms. The molecule has 0 aromatic heterocycles. The maximum atomic E-state index is 11.8. The van der Waals surface area contributed by atoms with E-state index in [0.29, 0.717) is 17.8 Å². The van der Waals surface area contributed by atoms with Crippen molar-refractivity contribution in [1.82, 2.24) is 10.6 Å². The van der Waals surface area contributed by atoms with Crippen LogP contribution in [0, 0.1) is 0 Å². The Labute approximate surface area is 126 Å². The van der Waals surface area contributed by atoms with Gasteiger partial charge in [0, 0.05) is 17.8 Å². The Balaban J connectivity index is 2.48. The van der Waals surface area contributed by atoms with E-state index in [1.54, 1.807) is 24.3 Å². The van der Waals surface area contributed by atoms with Gasteiger partial charge in [-0.15, -0.1) is 0 Å². The first-order valence-electron chi connectivity index (χ1n) is 7.56. The maximum absolute atomic E-state index is 11.8. The number of unbranched alkanes of at least 4 members (excludes halogenated alkanes) is 1. The lowest BCUT2D eigenvalue weighted by Crippen LogP contribution is -2.29. The number of carbonyl (C=O) groups excluding carboxylic acids is 2. The van der Waals surface area contributed by atoms with Crippen molar-refractivity contribution in [3.05, 3.63) is 29.8 Å². The van der Waals surface area contributed by atoms with Crippen LogP contribution < -0.4 is 16.0 Å². The van der Waals surface area contributed by atoms with E-state index in [2.05, 4.69) is 22.9 Å². The lowest BCUT2D eigenvalue weighted by Gasteiger charge is -2.08. The molecule has 0 unspecified atom stereocenters. The molecule has 1 rings (SSSR count). The molecule has 5 nitrogen and oxygen atoms in total. The van der Waals surface area contributed by atoms with Crippen LogP contribution in [0.5, 0.6) is 0 Å². The Morgan fingerprint density at radius 3 is 2.62 bits per heavy atom. The fourth-order valence-corrected chi connectivity index (χ4v) is 1.79. The summed E-state index contributed by atoms with van der Waals surface area (Å²) in [5, 5.41) is 8.68. The van der Waals surface area contributed by atoms with Gasteiger partial charge >= 0.3 is 0 Å². The van der Waals surface area contributed by atoms with Gasteiger partial charge in [0.05, 0.1) is 6.54 Å². The van der Waals surface area contributed by atoms with Gasteiger partial charge in [-0.25, -0.2) is 0 Å². The molecular weight excluding hydrogens is 266 g/mol. The van der Waals surface area contributed by atoms with Crippen molar-refractivity contribution in [3.8, 4) is 0 Å². The van der Waals surface area contributed by atoms with Crippen molar-refractivity contribution < 1.29 is 9.59 Å². The third-order valence-corrected chi connectivity index (χ3v) is 2.94. The lowest BCUT2D eigenvalue weighted by atomic mass is 10.2. The minimum Gasteiger partial charge on any atom is -0.352 e. The number of rotatable bonds is 9. The average molecular weight is 291 g/mol. The number of amides is 2. The van der Waals surface area contributed by atoms with Crippen LogP contribution in [0.3, 0.4) is 0 Å². The predicted octanol–water partition coefficient (Wildman–Crippen LogP) is 2.15. The highest BCUT2D eigenvalue weighted by molar-refractivity contribution is 5.97. The Hall–Kier alpha value is -1.88. The zero-order valence-electron chi connectivity index (χ0n) is 12.9. The molecule has 0 heterocycles. The Morgan fingerprint density at radius 1 is 1.10 bits per heavy atom. The van der Waals surface area contributed by atoms with Gasteiger partial charge in [-0.2, -0.15) is 0 Å². The summed E-state index contributed by atoms with van der Waals surface area (Å²) in [6.45, 7) is 5.88. The second-order valence-corrected chi connectivity index (χ2v) is 4.92. The van der Waals surface area contributed by atoms with E-state index in [-0.39, 0.29) is 18.4 Å². The number of benzene rings is 1. The highest BCUT2D eigenvalue weighted by Gasteiger charge is 2.07. The van der Waals surface area contributed by atoms with Crippen LogP contribution in [-0.4, -0.2) is 31.4 Å². The standard InChI is InChI=1S/C16H25N3O2/c1-3-5-10-17-12-15(20)19-14-8-6-7-13(11-14)16(21)18-9-4-2/h6-8,11,17H,3-5,9-10,12H2,1-2H3,(H,18,21)(H,19,20). The Bertz CT molecular complexity index is 461. The fraction of sp³-hybridized carbons (Fsp3) is 0.500. The maximum Gasteiger partial charge on any atom is 0.251 e. The third-order valence-electron chi connectivity index (χ3n) is 2.94. The van der Waals surface area contributed by atoms with E-state index in [9.17, 15) is 9.59 Å². The van der Waals surface area contributed by atoms with Crippen molar-refractivity contribution in [1.29, 1.82) is 0 Å². The van der Waals surface area contributed by atoms with Crippen molar-refractivity contribution in [2.24, 2.45) is 0 Å². The molecule has 1 aromatic carbocycles. The van der Waals surface area contributed by atoms with Crippen LogP contribution in [0.1, 0.15) is 43.5 Å². The van der Waals surface area contributed by atoms with Crippen LogP contribution in [0.4, 0.5) is 5.69 Å². The van der Waals surface area contributed by atoms with Crippen LogP contribution >= 0.6 is 0 Å². The van der Waals surface area contributed by atoms with Gasteiger partial charge in [0.1, 0.15) is 0 Å². The summed E-state index contributed by atoms with van der Waals surface area (Å²) in [5.74, 6) is -0.216. The molecule has 0 fully saturated rings. The normalized spacial score (nSPS) is 10.2. The second-order valence-electron chi connectivity index (χ2n) is 4.92. The molecule has 0 radical (unpaired) electrons.